The van der Waals surface area contributed by atoms with Crippen LogP contribution in [0.5, 0.6) is 0 Å². The van der Waals surface area contributed by atoms with Crippen LogP contribution in [-0.2, 0) is 20.1 Å². The molecule has 0 atom stereocenters. The third-order valence-corrected chi connectivity index (χ3v) is 6.00. The van der Waals surface area contributed by atoms with Crippen LogP contribution in [0, 0.1) is 11.6 Å². The highest BCUT2D eigenvalue weighted by molar-refractivity contribution is 7.12. The Kier molecular flexibility index (Phi) is 3.80. The number of thiophene rings is 1. The lowest BCUT2D eigenvalue weighted by Gasteiger charge is -2.17. The van der Waals surface area contributed by atoms with Gasteiger partial charge in [-0.25, -0.2) is 8.78 Å². The minimum absolute atomic E-state index is 0.0880. The molecule has 28 heavy (non-hydrogen) atoms. The molecule has 7 heteroatoms. The fraction of sp³-hybridized carbons (Fsp3) is 0.143. The molecule has 0 spiro atoms. The number of fused-ring (bicyclic) bond motifs is 2. The molecule has 1 amide bonds. The zero-order chi connectivity index (χ0) is 19.4. The van der Waals surface area contributed by atoms with Crippen molar-refractivity contribution in [2.75, 3.05) is 0 Å². The molecule has 3 heterocycles. The Morgan fingerprint density at radius 1 is 1.18 bits per heavy atom. The van der Waals surface area contributed by atoms with Crippen LogP contribution in [0.15, 0.2) is 48.0 Å². The molecule has 0 saturated heterocycles. The number of amides is 1. The van der Waals surface area contributed by atoms with Gasteiger partial charge in [-0.1, -0.05) is 12.1 Å². The second-order valence-electron chi connectivity index (χ2n) is 6.90. The standard InChI is InChI=1S/C21H15F2N3OS/c1-25-10-15-14(3-2-4-19(15)24-25)13-7-17(22)16(18(23)8-13)11-26-9-12-5-6-28-20(12)21(26)27/h2-8,10H,9,11H2,1H3. The third kappa shape index (κ3) is 2.62. The van der Waals surface area contributed by atoms with Crippen molar-refractivity contribution < 1.29 is 13.6 Å². The van der Waals surface area contributed by atoms with Gasteiger partial charge >= 0.3 is 0 Å². The zero-order valence-corrected chi connectivity index (χ0v) is 15.8. The normalized spacial score (nSPS) is 13.5. The predicted octanol–water partition coefficient (Wildman–Crippen LogP) is 4.74. The van der Waals surface area contributed by atoms with E-state index in [0.717, 1.165) is 22.0 Å². The van der Waals surface area contributed by atoms with Crippen LogP contribution in [0.3, 0.4) is 0 Å². The molecule has 140 valence electrons. The monoisotopic (exact) mass is 395 g/mol. The number of carbonyl (C=O) groups is 1. The highest BCUT2D eigenvalue weighted by Crippen LogP contribution is 2.33. The smallest absolute Gasteiger partial charge is 0.264 e. The molecular weight excluding hydrogens is 380 g/mol. The molecule has 0 unspecified atom stereocenters. The van der Waals surface area contributed by atoms with E-state index in [0.29, 0.717) is 17.0 Å². The summed E-state index contributed by atoms with van der Waals surface area (Å²) in [5, 5.41) is 7.02. The molecule has 0 saturated carbocycles. The second-order valence-corrected chi connectivity index (χ2v) is 7.81. The first-order valence-corrected chi connectivity index (χ1v) is 9.65. The summed E-state index contributed by atoms with van der Waals surface area (Å²) < 4.78 is 31.4. The molecular formula is C21H15F2N3OS. The summed E-state index contributed by atoms with van der Waals surface area (Å²) in [4.78, 5) is 14.5. The number of halogens is 2. The first-order valence-electron chi connectivity index (χ1n) is 8.77. The van der Waals surface area contributed by atoms with E-state index in [1.54, 1.807) is 11.7 Å². The van der Waals surface area contributed by atoms with Crippen LogP contribution in [0.25, 0.3) is 22.0 Å². The minimum atomic E-state index is -0.654. The summed E-state index contributed by atoms with van der Waals surface area (Å²) in [7, 11) is 1.81. The van der Waals surface area contributed by atoms with Crippen molar-refractivity contribution in [1.82, 2.24) is 14.7 Å². The van der Waals surface area contributed by atoms with Crippen LogP contribution in [0.4, 0.5) is 8.78 Å². The fourth-order valence-corrected chi connectivity index (χ4v) is 4.59. The van der Waals surface area contributed by atoms with Crippen molar-refractivity contribution in [3.05, 3.63) is 75.6 Å². The van der Waals surface area contributed by atoms with Gasteiger partial charge in [-0.05, 0) is 46.3 Å². The predicted molar refractivity (Wildman–Crippen MR) is 104 cm³/mol. The highest BCUT2D eigenvalue weighted by atomic mass is 32.1. The molecule has 4 nitrogen and oxygen atoms in total. The largest absolute Gasteiger partial charge is 0.329 e. The quantitative estimate of drug-likeness (QED) is 0.503. The lowest BCUT2D eigenvalue weighted by Crippen LogP contribution is -2.24. The van der Waals surface area contributed by atoms with E-state index in [1.807, 2.05) is 35.8 Å². The van der Waals surface area contributed by atoms with Gasteiger partial charge in [0.15, 0.2) is 0 Å². The van der Waals surface area contributed by atoms with E-state index in [1.165, 1.54) is 28.4 Å². The maximum Gasteiger partial charge on any atom is 0.264 e. The molecule has 1 aliphatic rings. The van der Waals surface area contributed by atoms with Crippen LogP contribution in [0.2, 0.25) is 0 Å². The molecule has 0 radical (unpaired) electrons. The van der Waals surface area contributed by atoms with E-state index in [4.69, 9.17) is 0 Å². The number of aromatic nitrogens is 2. The number of hydrogen-bond acceptors (Lipinski definition) is 3. The number of aryl methyl sites for hydroxylation is 1. The summed E-state index contributed by atoms with van der Waals surface area (Å²) in [6.07, 6.45) is 1.83. The minimum Gasteiger partial charge on any atom is -0.329 e. The second kappa shape index (κ2) is 6.24. The molecule has 5 rings (SSSR count). The number of hydrogen-bond donors (Lipinski definition) is 0. The highest BCUT2D eigenvalue weighted by Gasteiger charge is 2.30. The van der Waals surface area contributed by atoms with Gasteiger partial charge in [0, 0.05) is 30.7 Å². The van der Waals surface area contributed by atoms with E-state index in [9.17, 15) is 13.6 Å². The third-order valence-electron chi connectivity index (χ3n) is 5.05. The first kappa shape index (κ1) is 17.1. The summed E-state index contributed by atoms with van der Waals surface area (Å²) in [6.45, 7) is 0.294. The lowest BCUT2D eigenvalue weighted by atomic mass is 9.99. The van der Waals surface area contributed by atoms with Gasteiger partial charge in [0.05, 0.1) is 16.9 Å². The SMILES string of the molecule is Cn1cc2c(-c3cc(F)c(CN4Cc5ccsc5C4=O)c(F)c3)cccc2n1. The molecule has 0 bridgehead atoms. The lowest BCUT2D eigenvalue weighted by molar-refractivity contribution is 0.0767. The number of carbonyl (C=O) groups excluding carboxylic acids is 1. The summed E-state index contributed by atoms with van der Waals surface area (Å²) >= 11 is 1.36. The molecule has 1 aliphatic heterocycles. The van der Waals surface area contributed by atoms with Crippen LogP contribution >= 0.6 is 11.3 Å². The van der Waals surface area contributed by atoms with Crippen LogP contribution in [0.1, 0.15) is 20.8 Å². The van der Waals surface area contributed by atoms with E-state index in [-0.39, 0.29) is 18.0 Å². The Morgan fingerprint density at radius 3 is 2.71 bits per heavy atom. The average molecular weight is 395 g/mol. The van der Waals surface area contributed by atoms with E-state index >= 15 is 0 Å². The summed E-state index contributed by atoms with van der Waals surface area (Å²) in [5.41, 5.74) is 2.75. The van der Waals surface area contributed by atoms with E-state index in [2.05, 4.69) is 5.10 Å². The van der Waals surface area contributed by atoms with Crippen molar-refractivity contribution in [1.29, 1.82) is 0 Å². The first-order chi connectivity index (χ1) is 13.5. The van der Waals surface area contributed by atoms with Crippen molar-refractivity contribution in [3.8, 4) is 11.1 Å². The van der Waals surface area contributed by atoms with Gasteiger partial charge in [0.2, 0.25) is 0 Å². The van der Waals surface area contributed by atoms with Gasteiger partial charge < -0.3 is 4.90 Å². The Labute approximate surface area is 163 Å². The fourth-order valence-electron chi connectivity index (χ4n) is 3.71. The molecule has 2 aromatic heterocycles. The summed E-state index contributed by atoms with van der Waals surface area (Å²) in [5.74, 6) is -1.48. The van der Waals surface area contributed by atoms with Gasteiger partial charge in [-0.2, -0.15) is 5.10 Å². The molecule has 2 aromatic carbocycles. The Bertz CT molecular complexity index is 1220. The average Bonchev–Trinajstić information content (AvgIpc) is 3.33. The molecule has 4 aromatic rings. The van der Waals surface area contributed by atoms with Crippen molar-refractivity contribution in [2.24, 2.45) is 7.05 Å². The number of benzene rings is 2. The Hall–Kier alpha value is -3.06. The van der Waals surface area contributed by atoms with Gasteiger partial charge in [-0.15, -0.1) is 11.3 Å². The van der Waals surface area contributed by atoms with Gasteiger partial charge in [-0.3, -0.25) is 9.48 Å². The van der Waals surface area contributed by atoms with Crippen molar-refractivity contribution in [2.45, 2.75) is 13.1 Å². The zero-order valence-electron chi connectivity index (χ0n) is 14.9. The Balaban J connectivity index is 1.51. The maximum absolute atomic E-state index is 14.8. The van der Waals surface area contributed by atoms with Gasteiger partial charge in [0.1, 0.15) is 11.6 Å². The summed E-state index contributed by atoms with van der Waals surface area (Å²) in [6, 6.07) is 10.0. The van der Waals surface area contributed by atoms with Gasteiger partial charge in [0.25, 0.3) is 5.91 Å². The number of rotatable bonds is 3. The molecule has 0 aliphatic carbocycles. The maximum atomic E-state index is 14.8. The van der Waals surface area contributed by atoms with Crippen molar-refractivity contribution in [3.63, 3.8) is 0 Å². The number of nitrogens with zero attached hydrogens (tertiary/aromatic N) is 3. The Morgan fingerprint density at radius 2 is 1.96 bits per heavy atom. The van der Waals surface area contributed by atoms with Crippen LogP contribution in [-0.4, -0.2) is 20.6 Å². The van der Waals surface area contributed by atoms with Crippen molar-refractivity contribution >= 4 is 28.1 Å². The topological polar surface area (TPSA) is 38.1 Å². The molecule has 0 fully saturated rings. The molecule has 0 N–H and O–H groups in total. The van der Waals surface area contributed by atoms with E-state index < -0.39 is 11.6 Å². The van der Waals surface area contributed by atoms with Crippen LogP contribution < -0.4 is 0 Å².